The zero-order chi connectivity index (χ0) is 19.6. The molecule has 0 unspecified atom stereocenters. The lowest BCUT2D eigenvalue weighted by atomic mass is 10.1. The number of carbonyl (C=O) groups excluding carboxylic acids is 2. The maximum atomic E-state index is 12.5. The van der Waals surface area contributed by atoms with Crippen molar-refractivity contribution in [1.29, 1.82) is 0 Å². The number of benzene rings is 1. The lowest BCUT2D eigenvalue weighted by Crippen LogP contribution is -2.27. The van der Waals surface area contributed by atoms with E-state index in [2.05, 4.69) is 10.3 Å². The number of aromatic amines is 1. The number of nitrogens with one attached hydrogen (secondary N) is 2. The molecule has 1 amide bonds. The van der Waals surface area contributed by atoms with E-state index in [0.29, 0.717) is 28.1 Å². The van der Waals surface area contributed by atoms with E-state index in [4.69, 9.17) is 0 Å². The zero-order valence-corrected chi connectivity index (χ0v) is 16.3. The molecule has 0 saturated carbocycles. The number of Topliss-reactive ketones (excluding diaryl/α,β-unsaturated/α-hetero) is 1. The van der Waals surface area contributed by atoms with Crippen LogP contribution < -0.4 is 5.32 Å². The standard InChI is InChI=1S/C18H23N3O4S/c1-11-16(13(3)22)12(2)20-17(11)18(23)19-10-14-8-6-7-9-15(14)26(24,25)21(4)5/h6-9,20H,10H2,1-5H3,(H,19,23). The topological polar surface area (TPSA) is 99.3 Å². The SMILES string of the molecule is CC(=O)c1c(C)[nH]c(C(=O)NCc2ccccc2S(=O)(=O)N(C)C)c1C. The third kappa shape index (κ3) is 3.71. The number of aromatic nitrogens is 1. The first kappa shape index (κ1) is 19.9. The van der Waals surface area contributed by atoms with Gasteiger partial charge in [0.1, 0.15) is 5.69 Å². The van der Waals surface area contributed by atoms with Crippen LogP contribution in [0.2, 0.25) is 0 Å². The van der Waals surface area contributed by atoms with Gasteiger partial charge in [-0.15, -0.1) is 0 Å². The van der Waals surface area contributed by atoms with Gasteiger partial charge in [0.2, 0.25) is 10.0 Å². The quantitative estimate of drug-likeness (QED) is 0.752. The summed E-state index contributed by atoms with van der Waals surface area (Å²) in [6.07, 6.45) is 0. The van der Waals surface area contributed by atoms with Crippen molar-refractivity contribution in [3.05, 3.63) is 52.3 Å². The van der Waals surface area contributed by atoms with Crippen molar-refractivity contribution in [3.63, 3.8) is 0 Å². The Morgan fingerprint density at radius 2 is 1.77 bits per heavy atom. The van der Waals surface area contributed by atoms with Crippen LogP contribution in [-0.4, -0.2) is 43.5 Å². The highest BCUT2D eigenvalue weighted by Crippen LogP contribution is 2.20. The van der Waals surface area contributed by atoms with Crippen LogP contribution in [0.5, 0.6) is 0 Å². The number of hydrogen-bond acceptors (Lipinski definition) is 4. The molecule has 2 rings (SSSR count). The smallest absolute Gasteiger partial charge is 0.268 e. The minimum atomic E-state index is -3.61. The first-order chi connectivity index (χ1) is 12.1. The fourth-order valence-corrected chi connectivity index (χ4v) is 3.98. The monoisotopic (exact) mass is 377 g/mol. The molecule has 0 fully saturated rings. The average molecular weight is 377 g/mol. The second-order valence-corrected chi connectivity index (χ2v) is 8.38. The van der Waals surface area contributed by atoms with Crippen LogP contribution >= 0.6 is 0 Å². The fourth-order valence-electron chi connectivity index (χ4n) is 2.87. The second-order valence-electron chi connectivity index (χ2n) is 6.26. The van der Waals surface area contributed by atoms with Crippen molar-refractivity contribution in [2.75, 3.05) is 14.1 Å². The van der Waals surface area contributed by atoms with E-state index in [1.807, 2.05) is 0 Å². The van der Waals surface area contributed by atoms with E-state index >= 15 is 0 Å². The average Bonchev–Trinajstić information content (AvgIpc) is 2.87. The third-order valence-corrected chi connectivity index (χ3v) is 6.10. The number of rotatable bonds is 6. The maximum Gasteiger partial charge on any atom is 0.268 e. The molecular weight excluding hydrogens is 354 g/mol. The van der Waals surface area contributed by atoms with E-state index < -0.39 is 15.9 Å². The number of amides is 1. The van der Waals surface area contributed by atoms with Gasteiger partial charge in [-0.1, -0.05) is 18.2 Å². The molecule has 0 radical (unpaired) electrons. The summed E-state index contributed by atoms with van der Waals surface area (Å²) in [6, 6.07) is 6.52. The molecule has 26 heavy (non-hydrogen) atoms. The molecule has 0 aliphatic rings. The number of aryl methyl sites for hydroxylation is 1. The molecule has 7 nitrogen and oxygen atoms in total. The molecule has 0 atom stereocenters. The third-order valence-electron chi connectivity index (χ3n) is 4.19. The number of carbonyl (C=O) groups is 2. The molecule has 0 aliphatic heterocycles. The summed E-state index contributed by atoms with van der Waals surface area (Å²) in [7, 11) is -0.698. The van der Waals surface area contributed by atoms with Crippen LogP contribution in [0.25, 0.3) is 0 Å². The largest absolute Gasteiger partial charge is 0.354 e. The van der Waals surface area contributed by atoms with E-state index in [-0.39, 0.29) is 17.2 Å². The molecule has 2 N–H and O–H groups in total. The number of ketones is 1. The Morgan fingerprint density at radius 3 is 2.31 bits per heavy atom. The summed E-state index contributed by atoms with van der Waals surface area (Å²) in [4.78, 5) is 27.3. The highest BCUT2D eigenvalue weighted by atomic mass is 32.2. The van der Waals surface area contributed by atoms with Crippen molar-refractivity contribution >= 4 is 21.7 Å². The molecule has 140 valence electrons. The van der Waals surface area contributed by atoms with Crippen LogP contribution in [-0.2, 0) is 16.6 Å². The van der Waals surface area contributed by atoms with E-state index in [1.165, 1.54) is 27.1 Å². The molecule has 0 bridgehead atoms. The van der Waals surface area contributed by atoms with Crippen molar-refractivity contribution in [1.82, 2.24) is 14.6 Å². The van der Waals surface area contributed by atoms with E-state index in [0.717, 1.165) is 4.31 Å². The summed E-state index contributed by atoms with van der Waals surface area (Å²) in [5.74, 6) is -0.507. The highest BCUT2D eigenvalue weighted by molar-refractivity contribution is 7.89. The normalized spacial score (nSPS) is 11.6. The van der Waals surface area contributed by atoms with Crippen LogP contribution in [0.1, 0.15) is 44.6 Å². The van der Waals surface area contributed by atoms with Crippen LogP contribution in [0.4, 0.5) is 0 Å². The van der Waals surface area contributed by atoms with Crippen LogP contribution in [0, 0.1) is 13.8 Å². The molecule has 0 aliphatic carbocycles. The Balaban J connectivity index is 2.27. The molecule has 0 saturated heterocycles. The predicted octanol–water partition coefficient (Wildman–Crippen LogP) is 2.01. The molecular formula is C18H23N3O4S. The number of sulfonamides is 1. The van der Waals surface area contributed by atoms with Crippen molar-refractivity contribution < 1.29 is 18.0 Å². The Kier molecular flexibility index (Phi) is 5.68. The van der Waals surface area contributed by atoms with E-state index in [1.54, 1.807) is 32.0 Å². The Hall–Kier alpha value is -2.45. The molecule has 8 heteroatoms. The Bertz CT molecular complexity index is 959. The maximum absolute atomic E-state index is 12.5. The molecule has 2 aromatic rings. The van der Waals surface area contributed by atoms with E-state index in [9.17, 15) is 18.0 Å². The van der Waals surface area contributed by atoms with Crippen molar-refractivity contribution in [2.24, 2.45) is 0 Å². The number of H-pyrrole nitrogens is 1. The first-order valence-corrected chi connectivity index (χ1v) is 9.50. The van der Waals surface area contributed by atoms with Gasteiger partial charge >= 0.3 is 0 Å². The van der Waals surface area contributed by atoms with Gasteiger partial charge in [0.15, 0.2) is 5.78 Å². The minimum absolute atomic E-state index is 0.0506. The van der Waals surface area contributed by atoms with Gasteiger partial charge in [0.05, 0.1) is 4.90 Å². The molecule has 1 aromatic heterocycles. The zero-order valence-electron chi connectivity index (χ0n) is 15.5. The van der Waals surface area contributed by atoms with Gasteiger partial charge in [-0.25, -0.2) is 12.7 Å². The lowest BCUT2D eigenvalue weighted by molar-refractivity contribution is 0.0945. The highest BCUT2D eigenvalue weighted by Gasteiger charge is 2.22. The summed E-state index contributed by atoms with van der Waals surface area (Å²) in [5.41, 5.74) is 2.52. The Morgan fingerprint density at radius 1 is 1.15 bits per heavy atom. The van der Waals surface area contributed by atoms with Crippen LogP contribution in [0.3, 0.4) is 0 Å². The summed E-state index contributed by atoms with van der Waals surface area (Å²) < 4.78 is 26.0. The van der Waals surface area contributed by atoms with Gasteiger partial charge in [-0.3, -0.25) is 9.59 Å². The molecule has 1 aromatic carbocycles. The number of nitrogens with zero attached hydrogens (tertiary/aromatic N) is 1. The van der Waals surface area contributed by atoms with Gasteiger partial charge < -0.3 is 10.3 Å². The summed E-state index contributed by atoms with van der Waals surface area (Å²) in [6.45, 7) is 4.95. The number of hydrogen-bond donors (Lipinski definition) is 2. The molecule has 0 spiro atoms. The fraction of sp³-hybridized carbons (Fsp3) is 0.333. The van der Waals surface area contributed by atoms with Gasteiger partial charge in [-0.05, 0) is 38.0 Å². The first-order valence-electron chi connectivity index (χ1n) is 8.06. The van der Waals surface area contributed by atoms with Gasteiger partial charge in [0, 0.05) is 31.9 Å². The minimum Gasteiger partial charge on any atom is -0.354 e. The van der Waals surface area contributed by atoms with Crippen molar-refractivity contribution in [2.45, 2.75) is 32.2 Å². The lowest BCUT2D eigenvalue weighted by Gasteiger charge is -2.15. The Labute approximate surface area is 153 Å². The summed E-state index contributed by atoms with van der Waals surface area (Å²) in [5, 5.41) is 2.72. The summed E-state index contributed by atoms with van der Waals surface area (Å²) >= 11 is 0. The predicted molar refractivity (Wildman–Crippen MR) is 98.8 cm³/mol. The molecule has 1 heterocycles. The van der Waals surface area contributed by atoms with Crippen LogP contribution in [0.15, 0.2) is 29.2 Å². The second kappa shape index (κ2) is 7.43. The van der Waals surface area contributed by atoms with Gasteiger partial charge in [0.25, 0.3) is 5.91 Å². The van der Waals surface area contributed by atoms with Crippen molar-refractivity contribution in [3.8, 4) is 0 Å². The van der Waals surface area contributed by atoms with Gasteiger partial charge in [-0.2, -0.15) is 0 Å².